The third-order valence-electron chi connectivity index (χ3n) is 2.63. The molecule has 0 saturated heterocycles. The number of benzene rings is 1. The molecule has 0 fully saturated rings. The topological polar surface area (TPSA) is 46.3 Å². The summed E-state index contributed by atoms with van der Waals surface area (Å²) in [5.41, 5.74) is 8.87. The molecule has 0 aliphatic heterocycles. The zero-order chi connectivity index (χ0) is 13.0. The summed E-state index contributed by atoms with van der Waals surface area (Å²) in [4.78, 5) is 13.9. The average molecular weight is 234 g/mol. The van der Waals surface area contributed by atoms with Gasteiger partial charge >= 0.3 is 0 Å². The van der Waals surface area contributed by atoms with E-state index in [1.54, 1.807) is 4.90 Å². The fourth-order valence-electron chi connectivity index (χ4n) is 1.91. The van der Waals surface area contributed by atoms with Crippen LogP contribution in [0.15, 0.2) is 18.2 Å². The Morgan fingerprint density at radius 2 is 1.76 bits per heavy atom. The number of nitrogens with two attached hydrogens (primary N) is 1. The standard InChI is InChI=1S/C14H22N2O/c1-10(2)14(17)16(6-5-15)13-8-11(3)7-12(4)9-13/h7-10H,5-6,15H2,1-4H3. The third kappa shape index (κ3) is 3.56. The molecule has 0 heterocycles. The van der Waals surface area contributed by atoms with Gasteiger partial charge in [-0.2, -0.15) is 0 Å². The van der Waals surface area contributed by atoms with Gasteiger partial charge in [0.2, 0.25) is 5.91 Å². The lowest BCUT2D eigenvalue weighted by molar-refractivity contribution is -0.121. The number of rotatable bonds is 4. The number of carbonyl (C=O) groups excluding carboxylic acids is 1. The minimum absolute atomic E-state index is 0.0117. The van der Waals surface area contributed by atoms with Crippen molar-refractivity contribution in [1.29, 1.82) is 0 Å². The van der Waals surface area contributed by atoms with Gasteiger partial charge in [-0.15, -0.1) is 0 Å². The summed E-state index contributed by atoms with van der Waals surface area (Å²) in [6.45, 7) is 8.95. The normalized spacial score (nSPS) is 10.7. The second kappa shape index (κ2) is 5.82. The molecule has 0 saturated carbocycles. The van der Waals surface area contributed by atoms with Crippen LogP contribution in [0.25, 0.3) is 0 Å². The highest BCUT2D eigenvalue weighted by molar-refractivity contribution is 5.94. The van der Waals surface area contributed by atoms with Crippen molar-refractivity contribution in [1.82, 2.24) is 0 Å². The largest absolute Gasteiger partial charge is 0.329 e. The first-order chi connectivity index (χ1) is 7.95. The van der Waals surface area contributed by atoms with Gasteiger partial charge in [-0.25, -0.2) is 0 Å². The second-order valence-electron chi connectivity index (χ2n) is 4.78. The van der Waals surface area contributed by atoms with Crippen LogP contribution in [-0.4, -0.2) is 19.0 Å². The van der Waals surface area contributed by atoms with Crippen molar-refractivity contribution >= 4 is 11.6 Å². The van der Waals surface area contributed by atoms with Crippen LogP contribution in [0.5, 0.6) is 0 Å². The molecule has 0 spiro atoms. The molecule has 1 aromatic rings. The lowest BCUT2D eigenvalue weighted by Crippen LogP contribution is -2.38. The van der Waals surface area contributed by atoms with Crippen LogP contribution in [0, 0.1) is 19.8 Å². The number of amides is 1. The van der Waals surface area contributed by atoms with Crippen molar-refractivity contribution in [2.45, 2.75) is 27.7 Å². The van der Waals surface area contributed by atoms with Crippen molar-refractivity contribution in [2.24, 2.45) is 11.7 Å². The van der Waals surface area contributed by atoms with Gasteiger partial charge in [-0.3, -0.25) is 4.79 Å². The number of nitrogens with zero attached hydrogens (tertiary/aromatic N) is 1. The van der Waals surface area contributed by atoms with Crippen LogP contribution in [0.1, 0.15) is 25.0 Å². The van der Waals surface area contributed by atoms with E-state index in [1.807, 2.05) is 39.8 Å². The molecule has 17 heavy (non-hydrogen) atoms. The Morgan fingerprint density at radius 3 is 2.18 bits per heavy atom. The first-order valence-electron chi connectivity index (χ1n) is 6.05. The summed E-state index contributed by atoms with van der Waals surface area (Å²) < 4.78 is 0. The van der Waals surface area contributed by atoms with Crippen LogP contribution < -0.4 is 10.6 Å². The van der Waals surface area contributed by atoms with Gasteiger partial charge in [0.25, 0.3) is 0 Å². The molecule has 1 rings (SSSR count). The Morgan fingerprint density at radius 1 is 1.24 bits per heavy atom. The van der Waals surface area contributed by atoms with Gasteiger partial charge in [0.1, 0.15) is 0 Å². The summed E-state index contributed by atoms with van der Waals surface area (Å²) in [5.74, 6) is 0.114. The lowest BCUT2D eigenvalue weighted by atomic mass is 10.1. The van der Waals surface area contributed by atoms with Crippen molar-refractivity contribution < 1.29 is 4.79 Å². The maximum atomic E-state index is 12.1. The number of hydrogen-bond acceptors (Lipinski definition) is 2. The molecule has 94 valence electrons. The van der Waals surface area contributed by atoms with Gasteiger partial charge in [0.05, 0.1) is 0 Å². The summed E-state index contributed by atoms with van der Waals surface area (Å²) in [5, 5.41) is 0. The van der Waals surface area contributed by atoms with Crippen LogP contribution in [-0.2, 0) is 4.79 Å². The number of carbonyl (C=O) groups is 1. The fourth-order valence-corrected chi connectivity index (χ4v) is 1.91. The van der Waals surface area contributed by atoms with E-state index in [-0.39, 0.29) is 11.8 Å². The molecule has 0 aliphatic rings. The van der Waals surface area contributed by atoms with Crippen molar-refractivity contribution in [2.75, 3.05) is 18.0 Å². The molecular weight excluding hydrogens is 212 g/mol. The maximum Gasteiger partial charge on any atom is 0.229 e. The first-order valence-corrected chi connectivity index (χ1v) is 6.05. The van der Waals surface area contributed by atoms with Crippen molar-refractivity contribution in [3.05, 3.63) is 29.3 Å². The quantitative estimate of drug-likeness (QED) is 0.868. The van der Waals surface area contributed by atoms with E-state index in [4.69, 9.17) is 5.73 Å². The third-order valence-corrected chi connectivity index (χ3v) is 2.63. The molecule has 3 nitrogen and oxygen atoms in total. The van der Waals surface area contributed by atoms with E-state index in [9.17, 15) is 4.79 Å². The molecule has 1 amide bonds. The molecule has 0 radical (unpaired) electrons. The smallest absolute Gasteiger partial charge is 0.229 e. The molecule has 0 aliphatic carbocycles. The summed E-state index contributed by atoms with van der Waals surface area (Å²) >= 11 is 0. The monoisotopic (exact) mass is 234 g/mol. The highest BCUT2D eigenvalue weighted by Gasteiger charge is 2.18. The van der Waals surface area contributed by atoms with E-state index >= 15 is 0 Å². The zero-order valence-electron chi connectivity index (χ0n) is 11.2. The van der Waals surface area contributed by atoms with Crippen molar-refractivity contribution in [3.63, 3.8) is 0 Å². The van der Waals surface area contributed by atoms with E-state index in [1.165, 1.54) is 11.1 Å². The predicted octanol–water partition coefficient (Wildman–Crippen LogP) is 2.25. The molecule has 0 bridgehead atoms. The van der Waals surface area contributed by atoms with Gasteiger partial charge in [-0.05, 0) is 37.1 Å². The molecular formula is C14H22N2O. The van der Waals surface area contributed by atoms with Gasteiger partial charge in [0, 0.05) is 24.7 Å². The molecule has 0 aromatic heterocycles. The summed E-state index contributed by atoms with van der Waals surface area (Å²) in [6, 6.07) is 6.16. The summed E-state index contributed by atoms with van der Waals surface area (Å²) in [6.07, 6.45) is 0. The molecule has 3 heteroatoms. The van der Waals surface area contributed by atoms with Crippen molar-refractivity contribution in [3.8, 4) is 0 Å². The number of aryl methyl sites for hydroxylation is 2. The van der Waals surface area contributed by atoms with E-state index < -0.39 is 0 Å². The van der Waals surface area contributed by atoms with E-state index in [0.29, 0.717) is 13.1 Å². The Kier molecular flexibility index (Phi) is 4.70. The van der Waals surface area contributed by atoms with E-state index in [0.717, 1.165) is 5.69 Å². The predicted molar refractivity (Wildman–Crippen MR) is 72.2 cm³/mol. The molecule has 0 unspecified atom stereocenters. The Hall–Kier alpha value is -1.35. The van der Waals surface area contributed by atoms with Gasteiger partial charge in [-0.1, -0.05) is 19.9 Å². The molecule has 0 atom stereocenters. The fraction of sp³-hybridized carbons (Fsp3) is 0.500. The van der Waals surface area contributed by atoms with Gasteiger partial charge in [0.15, 0.2) is 0 Å². The van der Waals surface area contributed by atoms with Crippen LogP contribution in [0.4, 0.5) is 5.69 Å². The Bertz CT molecular complexity index is 379. The SMILES string of the molecule is Cc1cc(C)cc(N(CCN)C(=O)C(C)C)c1. The zero-order valence-corrected chi connectivity index (χ0v) is 11.2. The minimum Gasteiger partial charge on any atom is -0.329 e. The van der Waals surface area contributed by atoms with E-state index in [2.05, 4.69) is 6.07 Å². The second-order valence-corrected chi connectivity index (χ2v) is 4.78. The van der Waals surface area contributed by atoms with Gasteiger partial charge < -0.3 is 10.6 Å². The van der Waals surface area contributed by atoms with Crippen LogP contribution in [0.3, 0.4) is 0 Å². The number of hydrogen-bond donors (Lipinski definition) is 1. The summed E-state index contributed by atoms with van der Waals surface area (Å²) in [7, 11) is 0. The molecule has 2 N–H and O–H groups in total. The highest BCUT2D eigenvalue weighted by atomic mass is 16.2. The highest BCUT2D eigenvalue weighted by Crippen LogP contribution is 2.20. The van der Waals surface area contributed by atoms with Crippen LogP contribution >= 0.6 is 0 Å². The van der Waals surface area contributed by atoms with Crippen LogP contribution in [0.2, 0.25) is 0 Å². The number of anilines is 1. The average Bonchev–Trinajstić information content (AvgIpc) is 2.23. The lowest BCUT2D eigenvalue weighted by Gasteiger charge is -2.25. The first kappa shape index (κ1) is 13.7. The molecule has 1 aromatic carbocycles. The maximum absolute atomic E-state index is 12.1. The Balaban J connectivity index is 3.08. The minimum atomic E-state index is -0.0117. The Labute approximate surface area is 104 Å².